The van der Waals surface area contributed by atoms with E-state index in [1.807, 2.05) is 99.6 Å². The molecule has 0 spiro atoms. The van der Waals surface area contributed by atoms with Crippen LogP contribution in [0.4, 0.5) is 18.8 Å². The first kappa shape index (κ1) is 110. The topological polar surface area (TPSA) is 505 Å². The number of hydrogen-bond acceptors (Lipinski definition) is 19. The van der Waals surface area contributed by atoms with Crippen molar-refractivity contribution in [3.05, 3.63) is 84.2 Å². The van der Waals surface area contributed by atoms with Crippen LogP contribution in [0, 0.1) is 103 Å². The fraction of sp³-hybridized carbons (Fsp3) is 0.702. The van der Waals surface area contributed by atoms with Crippen molar-refractivity contribution in [3.63, 3.8) is 0 Å². The number of rotatable bonds is 39. The molecule has 7 saturated carbocycles. The van der Waals surface area contributed by atoms with Gasteiger partial charge >= 0.3 is 30.0 Å². The number of Topliss-reactive ketones (excluding diaryl/α,β-unsaturated/α-hetero) is 3. The predicted molar refractivity (Wildman–Crippen MR) is 518 cm³/mol. The lowest BCUT2D eigenvalue weighted by Crippen LogP contribution is -2.63. The third-order valence-corrected chi connectivity index (χ3v) is 30.8. The van der Waals surface area contributed by atoms with E-state index in [0.29, 0.717) is 45.3 Å². The summed E-state index contributed by atoms with van der Waals surface area (Å²) >= 11 is 0. The summed E-state index contributed by atoms with van der Waals surface area (Å²) in [4.78, 5) is 228. The van der Waals surface area contributed by atoms with Crippen LogP contribution in [-0.4, -0.2) is 213 Å². The molecular weight excluding hydrogens is 1780 g/mol. The van der Waals surface area contributed by atoms with E-state index in [-0.39, 0.29) is 106 Å². The van der Waals surface area contributed by atoms with Gasteiger partial charge in [-0.3, -0.25) is 57.5 Å². The highest BCUT2D eigenvalue weighted by Gasteiger charge is 2.73. The Morgan fingerprint density at radius 2 is 0.827 bits per heavy atom. The second-order valence-corrected chi connectivity index (χ2v) is 47.5. The molecule has 7 aliphatic carbocycles. The molecule has 768 valence electrons. The zero-order chi connectivity index (χ0) is 103. The van der Waals surface area contributed by atoms with Crippen molar-refractivity contribution in [2.24, 2.45) is 114 Å². The fourth-order valence-electron chi connectivity index (χ4n) is 21.7. The highest BCUT2D eigenvalue weighted by Crippen LogP contribution is 2.67. The Labute approximate surface area is 818 Å². The average molecular weight is 1940 g/mol. The van der Waals surface area contributed by atoms with E-state index in [1.165, 1.54) is 28.0 Å². The molecule has 15 amide bonds. The lowest BCUT2D eigenvalue weighted by atomic mass is 9.78. The summed E-state index contributed by atoms with van der Waals surface area (Å²) in [5, 5.41) is 25.5. The number of likely N-dealkylation sites (tertiary alicyclic amines) is 3. The number of amides is 15. The highest BCUT2D eigenvalue weighted by molar-refractivity contribution is 6.39. The third kappa shape index (κ3) is 27.9. The number of primary amides is 3. The quantitative estimate of drug-likeness (QED) is 0.0168. The van der Waals surface area contributed by atoms with E-state index in [1.54, 1.807) is 72.4 Å². The summed E-state index contributed by atoms with van der Waals surface area (Å²) < 4.78 is 24.1. The molecule has 34 nitrogen and oxygen atoms in total. The van der Waals surface area contributed by atoms with E-state index in [2.05, 4.69) is 68.3 Å². The van der Waals surface area contributed by atoms with Crippen molar-refractivity contribution in [2.75, 3.05) is 26.2 Å². The summed E-state index contributed by atoms with van der Waals surface area (Å²) in [6.07, 6.45) is 16.4. The van der Waals surface area contributed by atoms with Gasteiger partial charge in [0.25, 0.3) is 17.7 Å². The van der Waals surface area contributed by atoms with Crippen LogP contribution in [0.15, 0.2) is 67.3 Å². The first-order valence-corrected chi connectivity index (χ1v) is 49.9. The van der Waals surface area contributed by atoms with Crippen molar-refractivity contribution in [1.29, 1.82) is 0 Å². The van der Waals surface area contributed by atoms with E-state index >= 15 is 0 Å². The standard InChI is InChI=1S/C37H54FN5O5.C35H51N5O7.C32H51N5O7/c1-35(2,3)30(41-34(48)42-37(17-7-6-8-18-37)19-9-10-22-13-15-24(38)16-14-22)33(47)43-21-25-27(36(25,4)5)28(43)32(46)40-26(20-23-11-12-23)29(44)31(39)45;1-19(2)25(32(45)47-18-21-12-9-8-10-13-21)38-33(46)39-28(34(3,4)5)31(44)40-17-22-24(35(22,6)7)26(40)30(43)37-23(27(41)29(36)42)16-20-14-11-15-20;1-10-13-44-28(42)20(15-30(2,3)4)35-29(43)36-24(31(5,6)7)27(41)37-16-18-21(32(18,8)9)22(37)26(40)34-19(14-17-11-12-17)23(38)25(33)39/h13-16,23,25-28,30H,6-12,17-21H2,1-5H3,(H2,39,45)(H,40,46)(H2,41,42,48);8-10,12-13,19-20,22-26,28H,11,14-18H2,1-7H3,(H2,36,42)(H,37,43)(H2,38,39,46);10,17-22,24H,1,11-16H2,2-9H3,(H2,33,39)(H,34,40)(H2,35,36,43)/t25-,26?,27-,28-,30+;22-,23?,24-,25?,26-,28+;18-,19?,20?,21-,22-,24+/m000/s1. The number of nitrogens with zero attached hydrogens (tertiary/aromatic N) is 3. The van der Waals surface area contributed by atoms with Crippen molar-refractivity contribution >= 4 is 101 Å². The largest absolute Gasteiger partial charge is 0.460 e. The molecule has 17 atom stereocenters. The minimum atomic E-state index is -1.11. The number of benzene rings is 2. The molecule has 0 aromatic heterocycles. The van der Waals surface area contributed by atoms with Gasteiger partial charge in [-0.15, -0.1) is 0 Å². The molecule has 2 aromatic rings. The molecule has 0 bridgehead atoms. The van der Waals surface area contributed by atoms with Gasteiger partial charge in [0, 0.05) is 25.2 Å². The van der Waals surface area contributed by atoms with E-state index < -0.39 is 183 Å². The van der Waals surface area contributed by atoms with Crippen LogP contribution < -0.4 is 65.1 Å². The Morgan fingerprint density at radius 1 is 0.453 bits per heavy atom. The minimum Gasteiger partial charge on any atom is -0.460 e. The van der Waals surface area contributed by atoms with Gasteiger partial charge in [-0.25, -0.2) is 28.4 Å². The van der Waals surface area contributed by atoms with Gasteiger partial charge in [0.05, 0.1) is 18.1 Å². The molecule has 139 heavy (non-hydrogen) atoms. The van der Waals surface area contributed by atoms with Crippen molar-refractivity contribution in [3.8, 4) is 0 Å². The first-order chi connectivity index (χ1) is 64.6. The van der Waals surface area contributed by atoms with Gasteiger partial charge in [0.15, 0.2) is 0 Å². The Bertz CT molecular complexity index is 4900. The molecule has 5 unspecified atom stereocenters. The number of ether oxygens (including phenoxy) is 2. The van der Waals surface area contributed by atoms with Crippen LogP contribution in [0.2, 0.25) is 0 Å². The molecule has 12 rings (SSSR count). The Morgan fingerprint density at radius 3 is 1.17 bits per heavy atom. The molecule has 10 aliphatic rings. The smallest absolute Gasteiger partial charge is 0.329 e. The lowest BCUT2D eigenvalue weighted by Gasteiger charge is -2.41. The maximum atomic E-state index is 14.4. The summed E-state index contributed by atoms with van der Waals surface area (Å²) in [7, 11) is 0. The van der Waals surface area contributed by atoms with E-state index in [0.717, 1.165) is 107 Å². The predicted octanol–water partition coefficient (Wildman–Crippen LogP) is 9.12. The maximum absolute atomic E-state index is 14.4. The van der Waals surface area contributed by atoms with Crippen LogP contribution in [0.5, 0.6) is 0 Å². The van der Waals surface area contributed by atoms with Gasteiger partial charge in [0.2, 0.25) is 52.8 Å². The second-order valence-electron chi connectivity index (χ2n) is 47.5. The normalized spacial score (nSPS) is 24.3. The Hall–Kier alpha value is -10.9. The van der Waals surface area contributed by atoms with Crippen LogP contribution in [0.25, 0.3) is 0 Å². The van der Waals surface area contributed by atoms with Crippen molar-refractivity contribution < 1.29 is 95.4 Å². The number of esters is 2. The third-order valence-electron chi connectivity index (χ3n) is 30.8. The van der Waals surface area contributed by atoms with Gasteiger partial charge in [-0.2, -0.15) is 0 Å². The number of aryl methyl sites for hydroxylation is 1. The average Bonchev–Trinajstić information content (AvgIpc) is 1.53. The summed E-state index contributed by atoms with van der Waals surface area (Å²) in [5.41, 5.74) is 14.3. The zero-order valence-electron chi connectivity index (χ0n) is 85.3. The molecule has 3 aliphatic heterocycles. The molecule has 0 radical (unpaired) electrons. The lowest BCUT2D eigenvalue weighted by molar-refractivity contribution is -0.148. The number of fused-ring (bicyclic) bond motifs is 3. The molecule has 2 aromatic carbocycles. The maximum Gasteiger partial charge on any atom is 0.329 e. The summed E-state index contributed by atoms with van der Waals surface area (Å²) in [6, 6.07) is 3.21. The number of halogens is 1. The number of ketones is 3. The Kier molecular flexibility index (Phi) is 34.9. The number of nitrogens with two attached hydrogens (primary N) is 3. The highest BCUT2D eigenvalue weighted by atomic mass is 19.1. The second kappa shape index (κ2) is 44.1. The summed E-state index contributed by atoms with van der Waals surface area (Å²) in [6.45, 7) is 42.7. The van der Waals surface area contributed by atoms with Crippen LogP contribution >= 0.6 is 0 Å². The minimum absolute atomic E-state index is 0.00444. The zero-order valence-corrected chi connectivity index (χ0v) is 85.3. The van der Waals surface area contributed by atoms with E-state index in [4.69, 9.17) is 26.7 Å². The van der Waals surface area contributed by atoms with Gasteiger partial charge < -0.3 is 89.2 Å². The van der Waals surface area contributed by atoms with E-state index in [9.17, 15) is 85.9 Å². The number of hydrogen-bond donors (Lipinski definition) is 12. The molecule has 15 N–H and O–H groups in total. The Balaban J connectivity index is 0.000000215. The number of urea groups is 3. The number of carbonyl (C=O) groups is 17. The summed E-state index contributed by atoms with van der Waals surface area (Å²) in [5.74, 6) is -9.78. The van der Waals surface area contributed by atoms with Crippen molar-refractivity contribution in [2.45, 2.75) is 339 Å². The van der Waals surface area contributed by atoms with Crippen LogP contribution in [0.3, 0.4) is 0 Å². The van der Waals surface area contributed by atoms with Crippen LogP contribution in [-0.2, 0) is 89.6 Å². The molecule has 3 saturated heterocycles. The molecule has 3 heterocycles. The number of piperidine rings is 3. The van der Waals surface area contributed by atoms with Crippen LogP contribution in [0.1, 0.15) is 265 Å². The fourth-order valence-corrected chi connectivity index (χ4v) is 21.7. The molecular formula is C104H156FN15O19. The molecule has 10 fully saturated rings. The number of nitrogens with one attached hydrogen (secondary N) is 9. The van der Waals surface area contributed by atoms with Crippen molar-refractivity contribution in [1.82, 2.24) is 62.6 Å². The number of carbonyl (C=O) groups excluding carboxylic acids is 17. The first-order valence-electron chi connectivity index (χ1n) is 49.9. The van der Waals surface area contributed by atoms with Gasteiger partial charge in [0.1, 0.15) is 67.4 Å². The molecule has 35 heteroatoms. The van der Waals surface area contributed by atoms with Gasteiger partial charge in [-0.1, -0.05) is 258 Å². The SMILES string of the molecule is C=CCOC(=O)C(CC(C)(C)C)NC(=O)N[C@H](C(=O)N1C[C@H]2[C@@H]([C@H]1C(=O)NC(CC1CC1)C(=O)C(N)=O)C2(C)C)C(C)(C)C.CC(C)(C)[C@H](NC(=O)NC1(CCCc2ccc(F)cc2)CCCCC1)C(=O)N1C[C@H]2[C@@H]([C@H]1C(=O)NC(CC1CC1)C(=O)C(N)=O)C2(C)C.CC(C)C(NC(=O)N[C@H](C(=O)N1C[C@H]2[C@@H]([C@H]1C(=O)NC(CC1CCC1)C(=O)C(N)=O)C2(C)C)C(C)(C)C)C(=O)OCc1ccccc1. The monoisotopic (exact) mass is 1940 g/mol. The van der Waals surface area contributed by atoms with Gasteiger partial charge in [-0.05, 0) is 178 Å².